The van der Waals surface area contributed by atoms with Gasteiger partial charge in [0.1, 0.15) is 13.2 Å². The molecule has 0 spiro atoms. The predicted molar refractivity (Wildman–Crippen MR) is 345 cm³/mol. The average Bonchev–Trinajstić information content (AvgIpc) is 3.42. The molecular formula is C70H126N2O6P+. The SMILES string of the molecule is CC/C=C\C/C=C\C/C=C\C/C=C\C/C=C\C/C=C\C/C=C\CCCCCCCCCCCCCC(=O)NC(COP(=O)(O)OCC[N+](C)(C)C)C(O)/C=C/CC/C=C/CCCCCCCCCCCCCCCCCCCC. The topological polar surface area (TPSA) is 105 Å². The number of hydrogen-bond acceptors (Lipinski definition) is 5. The van der Waals surface area contributed by atoms with E-state index < -0.39 is 20.0 Å². The summed E-state index contributed by atoms with van der Waals surface area (Å²) in [5.41, 5.74) is 0. The van der Waals surface area contributed by atoms with Crippen LogP contribution >= 0.6 is 7.82 Å². The number of amides is 1. The summed E-state index contributed by atoms with van der Waals surface area (Å²) in [6.07, 6.45) is 87.9. The zero-order valence-corrected chi connectivity index (χ0v) is 53.0. The van der Waals surface area contributed by atoms with Gasteiger partial charge in [0.05, 0.1) is 39.9 Å². The molecule has 0 fully saturated rings. The number of likely N-dealkylation sites (N-methyl/N-ethyl adjacent to an activating group) is 1. The summed E-state index contributed by atoms with van der Waals surface area (Å²) in [5, 5.41) is 14.0. The maximum atomic E-state index is 13.0. The molecule has 0 bridgehead atoms. The minimum absolute atomic E-state index is 0.0511. The predicted octanol–water partition coefficient (Wildman–Crippen LogP) is 20.7. The Balaban J connectivity index is 4.19. The van der Waals surface area contributed by atoms with Crippen molar-refractivity contribution in [2.45, 2.75) is 289 Å². The van der Waals surface area contributed by atoms with Crippen LogP contribution in [-0.2, 0) is 18.4 Å². The second kappa shape index (κ2) is 59.8. The van der Waals surface area contributed by atoms with Crippen molar-refractivity contribution >= 4 is 13.7 Å². The first-order valence-corrected chi connectivity index (χ1v) is 34.3. The van der Waals surface area contributed by atoms with Crippen LogP contribution in [0.3, 0.4) is 0 Å². The Morgan fingerprint density at radius 1 is 0.443 bits per heavy atom. The van der Waals surface area contributed by atoms with Crippen molar-refractivity contribution in [1.82, 2.24) is 5.32 Å². The zero-order chi connectivity index (χ0) is 57.7. The minimum Gasteiger partial charge on any atom is -0.387 e. The van der Waals surface area contributed by atoms with Gasteiger partial charge < -0.3 is 19.8 Å². The summed E-state index contributed by atoms with van der Waals surface area (Å²) < 4.78 is 23.8. The highest BCUT2D eigenvalue weighted by atomic mass is 31.2. The molecule has 0 aliphatic rings. The summed E-state index contributed by atoms with van der Waals surface area (Å²) in [7, 11) is 1.55. The molecule has 0 radical (unpaired) electrons. The Morgan fingerprint density at radius 2 is 0.772 bits per heavy atom. The second-order valence-electron chi connectivity index (χ2n) is 23.1. The van der Waals surface area contributed by atoms with Crippen LogP contribution in [0.2, 0.25) is 0 Å². The fraction of sp³-hybridized carbons (Fsp3) is 0.729. The third-order valence-electron chi connectivity index (χ3n) is 14.2. The number of phosphoric acid groups is 1. The van der Waals surface area contributed by atoms with Gasteiger partial charge in [-0.3, -0.25) is 13.8 Å². The second-order valence-corrected chi connectivity index (χ2v) is 24.6. The number of quaternary nitrogens is 1. The van der Waals surface area contributed by atoms with E-state index in [2.05, 4.69) is 116 Å². The lowest BCUT2D eigenvalue weighted by Gasteiger charge is -2.25. The highest BCUT2D eigenvalue weighted by Crippen LogP contribution is 2.43. The number of aliphatic hydroxyl groups excluding tert-OH is 1. The zero-order valence-electron chi connectivity index (χ0n) is 52.1. The molecule has 3 unspecified atom stereocenters. The van der Waals surface area contributed by atoms with Gasteiger partial charge in [0, 0.05) is 6.42 Å². The van der Waals surface area contributed by atoms with E-state index in [-0.39, 0.29) is 19.1 Å². The highest BCUT2D eigenvalue weighted by Gasteiger charge is 2.27. The van der Waals surface area contributed by atoms with Crippen LogP contribution in [0.15, 0.2) is 109 Å². The molecule has 8 nitrogen and oxygen atoms in total. The first kappa shape index (κ1) is 76.2. The monoisotopic (exact) mass is 1120 g/mol. The Labute approximate surface area is 489 Å². The molecule has 0 aromatic carbocycles. The number of allylic oxidation sites excluding steroid dienone is 17. The molecule has 456 valence electrons. The van der Waals surface area contributed by atoms with Crippen molar-refractivity contribution in [3.8, 4) is 0 Å². The van der Waals surface area contributed by atoms with Crippen LogP contribution < -0.4 is 5.32 Å². The molecule has 0 aromatic rings. The number of hydrogen-bond donors (Lipinski definition) is 3. The van der Waals surface area contributed by atoms with E-state index in [0.717, 1.165) is 83.5 Å². The summed E-state index contributed by atoms with van der Waals surface area (Å²) in [6, 6.07) is -0.873. The van der Waals surface area contributed by atoms with Gasteiger partial charge in [0.25, 0.3) is 0 Å². The van der Waals surface area contributed by atoms with Crippen LogP contribution in [0.1, 0.15) is 277 Å². The maximum absolute atomic E-state index is 13.0. The number of carbonyl (C=O) groups is 1. The minimum atomic E-state index is -4.37. The van der Waals surface area contributed by atoms with Gasteiger partial charge in [-0.1, -0.05) is 290 Å². The van der Waals surface area contributed by atoms with E-state index in [4.69, 9.17) is 9.05 Å². The number of phosphoric ester groups is 1. The number of aliphatic hydroxyl groups is 1. The number of nitrogens with one attached hydrogen (secondary N) is 1. The van der Waals surface area contributed by atoms with Crippen molar-refractivity contribution in [2.75, 3.05) is 40.9 Å². The summed E-state index contributed by atoms with van der Waals surface area (Å²) in [6.45, 7) is 4.70. The summed E-state index contributed by atoms with van der Waals surface area (Å²) in [4.78, 5) is 23.4. The van der Waals surface area contributed by atoms with Gasteiger partial charge in [-0.15, -0.1) is 0 Å². The smallest absolute Gasteiger partial charge is 0.387 e. The molecule has 0 saturated heterocycles. The quantitative estimate of drug-likeness (QED) is 0.0243. The molecule has 0 aliphatic carbocycles. The van der Waals surface area contributed by atoms with Gasteiger partial charge in [-0.25, -0.2) is 4.57 Å². The Hall–Kier alpha value is -2.84. The van der Waals surface area contributed by atoms with Gasteiger partial charge in [0.2, 0.25) is 5.91 Å². The number of carbonyl (C=O) groups excluding carboxylic acids is 1. The molecule has 3 N–H and O–H groups in total. The van der Waals surface area contributed by atoms with E-state index >= 15 is 0 Å². The maximum Gasteiger partial charge on any atom is 0.472 e. The summed E-state index contributed by atoms with van der Waals surface area (Å²) in [5.74, 6) is -0.192. The fourth-order valence-electron chi connectivity index (χ4n) is 9.16. The molecule has 0 heterocycles. The Bertz CT molecular complexity index is 1650. The van der Waals surface area contributed by atoms with Crippen molar-refractivity contribution < 1.29 is 32.9 Å². The third kappa shape index (κ3) is 62.6. The van der Waals surface area contributed by atoms with Crippen molar-refractivity contribution in [2.24, 2.45) is 0 Å². The molecule has 0 saturated carbocycles. The van der Waals surface area contributed by atoms with Crippen LogP contribution in [0, 0.1) is 0 Å². The number of nitrogens with zero attached hydrogens (tertiary/aromatic N) is 1. The molecule has 1 amide bonds. The molecule has 0 rings (SSSR count). The molecule has 3 atom stereocenters. The highest BCUT2D eigenvalue weighted by molar-refractivity contribution is 7.47. The normalized spacial score (nSPS) is 14.5. The molecule has 79 heavy (non-hydrogen) atoms. The molecular weight excluding hydrogens is 996 g/mol. The molecule has 0 aromatic heterocycles. The third-order valence-corrected chi connectivity index (χ3v) is 15.2. The Kier molecular flexibility index (Phi) is 57.6. The van der Waals surface area contributed by atoms with Crippen molar-refractivity contribution in [1.29, 1.82) is 0 Å². The molecule has 9 heteroatoms. The fourth-order valence-corrected chi connectivity index (χ4v) is 9.89. The van der Waals surface area contributed by atoms with Gasteiger partial charge in [-0.2, -0.15) is 0 Å². The number of rotatable bonds is 59. The lowest BCUT2D eigenvalue weighted by atomic mass is 10.0. The van der Waals surface area contributed by atoms with Crippen LogP contribution in [0.5, 0.6) is 0 Å². The van der Waals surface area contributed by atoms with E-state index in [1.807, 2.05) is 27.2 Å². The van der Waals surface area contributed by atoms with Crippen LogP contribution in [-0.4, -0.2) is 73.4 Å². The Morgan fingerprint density at radius 3 is 1.16 bits per heavy atom. The molecule has 0 aliphatic heterocycles. The van der Waals surface area contributed by atoms with E-state index in [9.17, 15) is 19.4 Å². The van der Waals surface area contributed by atoms with Crippen LogP contribution in [0.4, 0.5) is 0 Å². The van der Waals surface area contributed by atoms with Crippen LogP contribution in [0.25, 0.3) is 0 Å². The average molecular weight is 1120 g/mol. The van der Waals surface area contributed by atoms with Crippen molar-refractivity contribution in [3.63, 3.8) is 0 Å². The summed E-state index contributed by atoms with van der Waals surface area (Å²) >= 11 is 0. The standard InChI is InChI=1S/C70H125N2O6P/c1-6-8-10-12-14-16-18-20-22-24-26-28-30-32-33-34-35-36-37-38-39-40-42-44-46-48-50-52-54-56-58-60-62-64-70(74)71-68(67-78-79(75,76)77-66-65-72(3,4)5)69(73)63-61-59-57-55-53-51-49-47-45-43-41-31-29-27-25-23-21-19-17-15-13-11-9-7-2/h8,10,14,16,20,22,26,28,32-33,35-36,38-39,53,55,61,63,68-69,73H,6-7,9,11-13,15,17-19,21,23-25,27,29-31,34,37,40-52,54,56-60,62,64-67H2,1-5H3,(H-,71,74,75,76)/p+1/b10-8-,16-14-,22-20-,28-26-,33-32-,36-35-,39-38-,55-53+,63-61+. The first-order chi connectivity index (χ1) is 38.5. The van der Waals surface area contributed by atoms with E-state index in [1.54, 1.807) is 6.08 Å². The largest absolute Gasteiger partial charge is 0.472 e. The van der Waals surface area contributed by atoms with Gasteiger partial charge in [-0.05, 0) is 89.9 Å². The van der Waals surface area contributed by atoms with Gasteiger partial charge >= 0.3 is 7.82 Å². The van der Waals surface area contributed by atoms with E-state index in [0.29, 0.717) is 17.4 Å². The van der Waals surface area contributed by atoms with E-state index in [1.165, 1.54) is 173 Å². The first-order valence-electron chi connectivity index (χ1n) is 32.8. The van der Waals surface area contributed by atoms with Crippen molar-refractivity contribution in [3.05, 3.63) is 109 Å². The van der Waals surface area contributed by atoms with Gasteiger partial charge in [0.15, 0.2) is 0 Å². The lowest BCUT2D eigenvalue weighted by molar-refractivity contribution is -0.870. The number of unbranched alkanes of at least 4 members (excludes halogenated alkanes) is 30. The lowest BCUT2D eigenvalue weighted by Crippen LogP contribution is -2.45.